The number of ether oxygens (including phenoxy) is 1. The standard InChI is InChI=1S/C22H25N5O3/c1-2-30-22(29)18-5-8-20(24-16-18)27-13-11-26(12-14-27)10-9-21(28)25-19-6-3-17(15-23)4-7-19/h3-8,16H,2,9-14H2,1H3,(H,25,28). The van der Waals surface area contributed by atoms with Crippen LogP contribution in [-0.4, -0.2) is 61.1 Å². The van der Waals surface area contributed by atoms with Gasteiger partial charge in [0.2, 0.25) is 5.91 Å². The Morgan fingerprint density at radius 3 is 2.47 bits per heavy atom. The molecule has 2 aromatic rings. The van der Waals surface area contributed by atoms with E-state index in [0.717, 1.165) is 32.0 Å². The topological polar surface area (TPSA) is 98.6 Å². The molecule has 0 unspecified atom stereocenters. The van der Waals surface area contributed by atoms with E-state index in [1.807, 2.05) is 6.07 Å². The second-order valence-corrected chi connectivity index (χ2v) is 6.94. The lowest BCUT2D eigenvalue weighted by Gasteiger charge is -2.35. The SMILES string of the molecule is CCOC(=O)c1ccc(N2CCN(CCC(=O)Nc3ccc(C#N)cc3)CC2)nc1. The summed E-state index contributed by atoms with van der Waals surface area (Å²) in [5, 5.41) is 11.7. The number of nitriles is 1. The van der Waals surface area contributed by atoms with E-state index in [-0.39, 0.29) is 11.9 Å². The van der Waals surface area contributed by atoms with Crippen LogP contribution < -0.4 is 10.2 Å². The van der Waals surface area contributed by atoms with Gasteiger partial charge in [-0.05, 0) is 43.3 Å². The smallest absolute Gasteiger partial charge is 0.339 e. The number of pyridine rings is 1. The molecule has 1 aliphatic rings. The Hall–Kier alpha value is -3.44. The molecule has 0 bridgehead atoms. The quantitative estimate of drug-likeness (QED) is 0.703. The van der Waals surface area contributed by atoms with Crippen molar-refractivity contribution >= 4 is 23.4 Å². The van der Waals surface area contributed by atoms with Crippen molar-refractivity contribution in [1.82, 2.24) is 9.88 Å². The molecule has 3 rings (SSSR count). The van der Waals surface area contributed by atoms with Crippen molar-refractivity contribution < 1.29 is 14.3 Å². The zero-order valence-corrected chi connectivity index (χ0v) is 17.0. The first-order chi connectivity index (χ1) is 14.6. The van der Waals surface area contributed by atoms with E-state index in [9.17, 15) is 9.59 Å². The van der Waals surface area contributed by atoms with Gasteiger partial charge in [-0.15, -0.1) is 0 Å². The number of nitrogens with zero attached hydrogens (tertiary/aromatic N) is 4. The number of benzene rings is 1. The van der Waals surface area contributed by atoms with Gasteiger partial charge in [0.1, 0.15) is 5.82 Å². The van der Waals surface area contributed by atoms with Gasteiger partial charge in [0.25, 0.3) is 0 Å². The summed E-state index contributed by atoms with van der Waals surface area (Å²) in [7, 11) is 0. The molecule has 0 spiro atoms. The van der Waals surface area contributed by atoms with Crippen LogP contribution >= 0.6 is 0 Å². The van der Waals surface area contributed by atoms with E-state index in [2.05, 4.69) is 26.2 Å². The van der Waals surface area contributed by atoms with E-state index in [0.29, 0.717) is 36.4 Å². The average molecular weight is 407 g/mol. The maximum Gasteiger partial charge on any atom is 0.339 e. The average Bonchev–Trinajstić information content (AvgIpc) is 2.79. The fourth-order valence-corrected chi connectivity index (χ4v) is 3.22. The minimum Gasteiger partial charge on any atom is -0.462 e. The molecule has 8 nitrogen and oxygen atoms in total. The summed E-state index contributed by atoms with van der Waals surface area (Å²) in [6.07, 6.45) is 1.96. The summed E-state index contributed by atoms with van der Waals surface area (Å²) in [4.78, 5) is 32.7. The van der Waals surface area contributed by atoms with E-state index in [4.69, 9.17) is 10.00 Å². The van der Waals surface area contributed by atoms with E-state index in [1.54, 1.807) is 43.5 Å². The minimum absolute atomic E-state index is 0.0432. The lowest BCUT2D eigenvalue weighted by Crippen LogP contribution is -2.47. The van der Waals surface area contributed by atoms with Crippen molar-refractivity contribution in [3.05, 3.63) is 53.7 Å². The Balaban J connectivity index is 1.41. The number of aromatic nitrogens is 1. The summed E-state index contributed by atoms with van der Waals surface area (Å²) in [6, 6.07) is 12.5. The molecule has 1 fully saturated rings. The van der Waals surface area contributed by atoms with Crippen molar-refractivity contribution in [3.63, 3.8) is 0 Å². The third-order valence-electron chi connectivity index (χ3n) is 4.91. The van der Waals surface area contributed by atoms with Crippen molar-refractivity contribution in [3.8, 4) is 6.07 Å². The summed E-state index contributed by atoms with van der Waals surface area (Å²) in [5.74, 6) is 0.431. The van der Waals surface area contributed by atoms with Crippen LogP contribution in [0.3, 0.4) is 0 Å². The molecule has 2 heterocycles. The van der Waals surface area contributed by atoms with Gasteiger partial charge in [0.15, 0.2) is 0 Å². The van der Waals surface area contributed by atoms with Crippen molar-refractivity contribution in [2.45, 2.75) is 13.3 Å². The first kappa shape index (κ1) is 21.3. The maximum absolute atomic E-state index is 12.2. The van der Waals surface area contributed by atoms with Crippen molar-refractivity contribution in [1.29, 1.82) is 5.26 Å². The number of amides is 1. The number of nitrogens with one attached hydrogen (secondary N) is 1. The van der Waals surface area contributed by atoms with Crippen LogP contribution in [0.4, 0.5) is 11.5 Å². The molecule has 1 saturated heterocycles. The van der Waals surface area contributed by atoms with E-state index in [1.165, 1.54) is 0 Å². The van der Waals surface area contributed by atoms with Gasteiger partial charge in [-0.1, -0.05) is 0 Å². The highest BCUT2D eigenvalue weighted by Gasteiger charge is 2.19. The molecule has 30 heavy (non-hydrogen) atoms. The molecule has 1 N–H and O–H groups in total. The van der Waals surface area contributed by atoms with Crippen LogP contribution in [0.1, 0.15) is 29.3 Å². The van der Waals surface area contributed by atoms with Gasteiger partial charge in [-0.25, -0.2) is 9.78 Å². The molecular formula is C22H25N5O3. The number of esters is 1. The van der Waals surface area contributed by atoms with E-state index >= 15 is 0 Å². The minimum atomic E-state index is -0.361. The predicted octanol–water partition coefficient (Wildman–Crippen LogP) is 2.28. The Morgan fingerprint density at radius 1 is 1.13 bits per heavy atom. The normalized spacial score (nSPS) is 14.1. The summed E-state index contributed by atoms with van der Waals surface area (Å²) < 4.78 is 4.98. The summed E-state index contributed by atoms with van der Waals surface area (Å²) in [5.41, 5.74) is 1.71. The lowest BCUT2D eigenvalue weighted by molar-refractivity contribution is -0.116. The fraction of sp³-hybridized carbons (Fsp3) is 0.364. The number of carbonyl (C=O) groups excluding carboxylic acids is 2. The van der Waals surface area contributed by atoms with Crippen LogP contribution in [0.15, 0.2) is 42.6 Å². The highest BCUT2D eigenvalue weighted by Crippen LogP contribution is 2.15. The highest BCUT2D eigenvalue weighted by atomic mass is 16.5. The maximum atomic E-state index is 12.2. The molecule has 8 heteroatoms. The zero-order valence-electron chi connectivity index (χ0n) is 17.0. The van der Waals surface area contributed by atoms with Crippen molar-refractivity contribution in [2.24, 2.45) is 0 Å². The van der Waals surface area contributed by atoms with Crippen LogP contribution in [0.25, 0.3) is 0 Å². The number of piperazine rings is 1. The van der Waals surface area contributed by atoms with Gasteiger partial charge in [-0.2, -0.15) is 5.26 Å². The van der Waals surface area contributed by atoms with Gasteiger partial charge in [-0.3, -0.25) is 9.69 Å². The predicted molar refractivity (Wildman–Crippen MR) is 113 cm³/mol. The molecule has 1 aliphatic heterocycles. The first-order valence-electron chi connectivity index (χ1n) is 9.99. The molecule has 0 atom stereocenters. The Morgan fingerprint density at radius 2 is 1.87 bits per heavy atom. The van der Waals surface area contributed by atoms with Crippen LogP contribution in [0.2, 0.25) is 0 Å². The van der Waals surface area contributed by atoms with E-state index < -0.39 is 0 Å². The number of carbonyl (C=O) groups is 2. The number of hydrogen-bond donors (Lipinski definition) is 1. The van der Waals surface area contributed by atoms with Gasteiger partial charge < -0.3 is 15.0 Å². The Kier molecular flexibility index (Phi) is 7.35. The number of rotatable bonds is 7. The monoisotopic (exact) mass is 407 g/mol. The second kappa shape index (κ2) is 10.4. The van der Waals surface area contributed by atoms with Gasteiger partial charge in [0.05, 0.1) is 23.8 Å². The molecule has 0 aliphatic carbocycles. The summed E-state index contributed by atoms with van der Waals surface area (Å²) in [6.45, 7) is 6.10. The third-order valence-corrected chi connectivity index (χ3v) is 4.91. The number of anilines is 2. The number of hydrogen-bond acceptors (Lipinski definition) is 7. The van der Waals surface area contributed by atoms with Crippen LogP contribution in [-0.2, 0) is 9.53 Å². The Bertz CT molecular complexity index is 898. The molecule has 1 amide bonds. The van der Waals surface area contributed by atoms with Crippen molar-refractivity contribution in [2.75, 3.05) is 49.5 Å². The third kappa shape index (κ3) is 5.78. The molecule has 1 aromatic heterocycles. The second-order valence-electron chi connectivity index (χ2n) is 6.94. The lowest BCUT2D eigenvalue weighted by atomic mass is 10.2. The Labute approximate surface area is 176 Å². The van der Waals surface area contributed by atoms with Crippen LogP contribution in [0, 0.1) is 11.3 Å². The molecule has 156 valence electrons. The molecule has 0 saturated carbocycles. The first-order valence-corrected chi connectivity index (χ1v) is 9.99. The fourth-order valence-electron chi connectivity index (χ4n) is 3.22. The molecule has 0 radical (unpaired) electrons. The summed E-state index contributed by atoms with van der Waals surface area (Å²) >= 11 is 0. The van der Waals surface area contributed by atoms with Gasteiger partial charge >= 0.3 is 5.97 Å². The zero-order chi connectivity index (χ0) is 21.3. The largest absolute Gasteiger partial charge is 0.462 e. The van der Waals surface area contributed by atoms with Gasteiger partial charge in [0, 0.05) is 51.0 Å². The molecular weight excluding hydrogens is 382 g/mol. The van der Waals surface area contributed by atoms with Crippen LogP contribution in [0.5, 0.6) is 0 Å². The highest BCUT2D eigenvalue weighted by molar-refractivity contribution is 5.91. The molecule has 1 aromatic carbocycles.